The van der Waals surface area contributed by atoms with Gasteiger partial charge in [-0.1, -0.05) is 30.3 Å². The molecule has 0 fully saturated rings. The summed E-state index contributed by atoms with van der Waals surface area (Å²) in [6.45, 7) is 0. The van der Waals surface area contributed by atoms with E-state index in [0.29, 0.717) is 5.75 Å². The maximum Gasteiger partial charge on any atom is 0.409 e. The molecule has 2 rings (SSSR count). The molecular weight excluding hydrogens is 268 g/mol. The number of hydrogen-bond acceptors (Lipinski definition) is 4. The predicted molar refractivity (Wildman–Crippen MR) is 69.7 cm³/mol. The van der Waals surface area contributed by atoms with Gasteiger partial charge >= 0.3 is 11.4 Å². The molecule has 5 heteroatoms. The van der Waals surface area contributed by atoms with Crippen molar-refractivity contribution in [3.8, 4) is 11.5 Å². The van der Waals surface area contributed by atoms with E-state index >= 15 is 0 Å². The molecule has 2 aromatic carbocycles. The Balaban J connectivity index is 2.21. The zero-order valence-corrected chi connectivity index (χ0v) is 10.5. The molecule has 0 aromatic heterocycles. The van der Waals surface area contributed by atoms with E-state index < -0.39 is 11.4 Å². The highest BCUT2D eigenvalue weighted by atomic mass is 35.5. The van der Waals surface area contributed by atoms with E-state index in [1.165, 1.54) is 12.1 Å². The van der Waals surface area contributed by atoms with Crippen LogP contribution in [0.5, 0.6) is 11.5 Å². The summed E-state index contributed by atoms with van der Waals surface area (Å²) in [5.41, 5.74) is -0.889. The van der Waals surface area contributed by atoms with E-state index in [0.717, 1.165) is 0 Å². The van der Waals surface area contributed by atoms with Crippen LogP contribution >= 0.6 is 11.6 Å². The Hall–Kier alpha value is -2.33. The summed E-state index contributed by atoms with van der Waals surface area (Å²) in [6.07, 6.45) is 0. The zero-order chi connectivity index (χ0) is 13.7. The van der Waals surface area contributed by atoms with E-state index in [1.54, 1.807) is 42.5 Å². The van der Waals surface area contributed by atoms with E-state index in [1.807, 2.05) is 0 Å². The lowest BCUT2D eigenvalue weighted by molar-refractivity contribution is 0.0732. The van der Waals surface area contributed by atoms with Gasteiger partial charge in [-0.25, -0.2) is 9.59 Å². The lowest BCUT2D eigenvalue weighted by Crippen LogP contribution is -2.11. The van der Waals surface area contributed by atoms with Gasteiger partial charge < -0.3 is 9.47 Å². The van der Waals surface area contributed by atoms with Gasteiger partial charge in [-0.2, -0.15) is 0 Å². The number of carbonyl (C=O) groups excluding carboxylic acids is 2. The van der Waals surface area contributed by atoms with Crippen LogP contribution in [0.4, 0.5) is 4.79 Å². The van der Waals surface area contributed by atoms with Gasteiger partial charge in [-0.3, -0.25) is 0 Å². The molecule has 0 amide bonds. The number of ether oxygens (including phenoxy) is 2. The predicted octanol–water partition coefficient (Wildman–Crippen LogP) is 3.64. The fraction of sp³-hybridized carbons (Fsp3) is 0. The van der Waals surface area contributed by atoms with Gasteiger partial charge in [0.1, 0.15) is 17.1 Å². The first-order valence-electron chi connectivity index (χ1n) is 5.40. The molecule has 0 aliphatic carbocycles. The van der Waals surface area contributed by atoms with Gasteiger partial charge in [0.25, 0.3) is 0 Å². The van der Waals surface area contributed by atoms with Crippen LogP contribution in [0, 0.1) is 0 Å². The van der Waals surface area contributed by atoms with Crippen molar-refractivity contribution in [1.82, 2.24) is 0 Å². The van der Waals surface area contributed by atoms with Crippen molar-refractivity contribution in [2.24, 2.45) is 0 Å². The van der Waals surface area contributed by atoms with Crippen LogP contribution in [-0.4, -0.2) is 11.4 Å². The van der Waals surface area contributed by atoms with Crippen molar-refractivity contribution in [3.05, 3.63) is 60.2 Å². The first-order chi connectivity index (χ1) is 9.16. The van der Waals surface area contributed by atoms with Crippen molar-refractivity contribution in [2.75, 3.05) is 0 Å². The smallest absolute Gasteiger partial charge is 0.409 e. The van der Waals surface area contributed by atoms with Crippen LogP contribution in [0.2, 0.25) is 0 Å². The summed E-state index contributed by atoms with van der Waals surface area (Å²) in [7, 11) is 0. The maximum atomic E-state index is 12.0. The second-order valence-electron chi connectivity index (χ2n) is 3.54. The average Bonchev–Trinajstić information content (AvgIpc) is 2.39. The Labute approximate surface area is 114 Å². The standard InChI is InChI=1S/C14H9ClO4/c15-14(17)19-12-9-5-4-8-11(12)13(16)18-10-6-2-1-3-7-10/h1-9H. The van der Waals surface area contributed by atoms with Crippen LogP contribution in [0.25, 0.3) is 0 Å². The molecule has 0 saturated heterocycles. The fourth-order valence-electron chi connectivity index (χ4n) is 1.46. The van der Waals surface area contributed by atoms with Gasteiger partial charge in [-0.05, 0) is 24.3 Å². The number of halogens is 1. The first-order valence-corrected chi connectivity index (χ1v) is 5.78. The molecule has 0 radical (unpaired) electrons. The van der Waals surface area contributed by atoms with Crippen molar-refractivity contribution in [1.29, 1.82) is 0 Å². The topological polar surface area (TPSA) is 52.6 Å². The van der Waals surface area contributed by atoms with Crippen molar-refractivity contribution < 1.29 is 19.1 Å². The highest BCUT2D eigenvalue weighted by molar-refractivity contribution is 6.61. The molecule has 0 N–H and O–H groups in total. The molecule has 19 heavy (non-hydrogen) atoms. The lowest BCUT2D eigenvalue weighted by atomic mass is 10.2. The number of benzene rings is 2. The summed E-state index contributed by atoms with van der Waals surface area (Å²) in [5, 5.41) is 0. The molecule has 0 spiro atoms. The monoisotopic (exact) mass is 276 g/mol. The fourth-order valence-corrected chi connectivity index (χ4v) is 1.54. The summed E-state index contributed by atoms with van der Waals surface area (Å²) >= 11 is 5.14. The number of esters is 1. The zero-order valence-electron chi connectivity index (χ0n) is 9.71. The quantitative estimate of drug-likeness (QED) is 0.488. The van der Waals surface area contributed by atoms with Crippen LogP contribution < -0.4 is 9.47 Å². The number of hydrogen-bond donors (Lipinski definition) is 0. The SMILES string of the molecule is O=C(Cl)Oc1ccccc1C(=O)Oc1ccccc1. The number of para-hydroxylation sites is 2. The van der Waals surface area contributed by atoms with Gasteiger partial charge in [0, 0.05) is 11.6 Å². The molecule has 0 saturated carbocycles. The number of carbonyl (C=O) groups is 2. The summed E-state index contributed by atoms with van der Waals surface area (Å²) in [5.74, 6) is -0.164. The highest BCUT2D eigenvalue weighted by Gasteiger charge is 2.16. The molecule has 4 nitrogen and oxygen atoms in total. The average molecular weight is 277 g/mol. The molecule has 0 aliphatic heterocycles. The molecule has 0 atom stereocenters. The van der Waals surface area contributed by atoms with Crippen molar-refractivity contribution in [3.63, 3.8) is 0 Å². The molecule has 0 bridgehead atoms. The minimum Gasteiger partial charge on any atom is -0.423 e. The Kier molecular flexibility index (Phi) is 4.15. The van der Waals surface area contributed by atoms with E-state index in [-0.39, 0.29) is 11.3 Å². The minimum atomic E-state index is -1.01. The third-order valence-electron chi connectivity index (χ3n) is 2.25. The van der Waals surface area contributed by atoms with Gasteiger partial charge in [0.15, 0.2) is 0 Å². The first kappa shape index (κ1) is 13.1. The van der Waals surface area contributed by atoms with Crippen molar-refractivity contribution >= 4 is 23.0 Å². The minimum absolute atomic E-state index is 0.0587. The third kappa shape index (κ3) is 3.56. The van der Waals surface area contributed by atoms with E-state index in [9.17, 15) is 9.59 Å². The summed E-state index contributed by atoms with van der Waals surface area (Å²) in [6, 6.07) is 14.8. The third-order valence-corrected chi connectivity index (χ3v) is 2.33. The molecule has 96 valence electrons. The molecule has 2 aromatic rings. The Morgan fingerprint density at radius 3 is 2.16 bits per heavy atom. The largest absolute Gasteiger partial charge is 0.423 e. The van der Waals surface area contributed by atoms with E-state index in [2.05, 4.69) is 0 Å². The van der Waals surface area contributed by atoms with Crippen LogP contribution in [0.15, 0.2) is 54.6 Å². The van der Waals surface area contributed by atoms with Gasteiger partial charge in [-0.15, -0.1) is 0 Å². The van der Waals surface area contributed by atoms with Crippen LogP contribution in [-0.2, 0) is 0 Å². The van der Waals surface area contributed by atoms with Gasteiger partial charge in [0.05, 0.1) is 0 Å². The molecular formula is C14H9ClO4. The molecule has 0 heterocycles. The second-order valence-corrected chi connectivity index (χ2v) is 3.85. The van der Waals surface area contributed by atoms with Gasteiger partial charge in [0.2, 0.25) is 0 Å². The Bertz CT molecular complexity index is 595. The summed E-state index contributed by atoms with van der Waals surface area (Å²) in [4.78, 5) is 22.7. The highest BCUT2D eigenvalue weighted by Crippen LogP contribution is 2.21. The number of rotatable bonds is 3. The van der Waals surface area contributed by atoms with Crippen LogP contribution in [0.1, 0.15) is 10.4 Å². The Morgan fingerprint density at radius 1 is 0.842 bits per heavy atom. The van der Waals surface area contributed by atoms with Crippen molar-refractivity contribution in [2.45, 2.75) is 0 Å². The Morgan fingerprint density at radius 2 is 1.47 bits per heavy atom. The lowest BCUT2D eigenvalue weighted by Gasteiger charge is -2.07. The summed E-state index contributed by atoms with van der Waals surface area (Å²) < 4.78 is 9.88. The molecule has 0 aliphatic rings. The second kappa shape index (κ2) is 6.02. The normalized spacial score (nSPS) is 9.74. The van der Waals surface area contributed by atoms with E-state index in [4.69, 9.17) is 21.1 Å². The molecule has 0 unspecified atom stereocenters. The maximum absolute atomic E-state index is 12.0. The van der Waals surface area contributed by atoms with Crippen LogP contribution in [0.3, 0.4) is 0 Å².